The Balaban J connectivity index is 0.944. The quantitative estimate of drug-likeness (QED) is 0.0211. The molecule has 6 aromatic carbocycles. The van der Waals surface area contributed by atoms with E-state index in [2.05, 4.69) is 62.4 Å². The third kappa shape index (κ3) is 9.52. The van der Waals surface area contributed by atoms with Gasteiger partial charge in [-0.2, -0.15) is 0 Å². The lowest BCUT2D eigenvalue weighted by molar-refractivity contribution is -0.154. The predicted octanol–water partition coefficient (Wildman–Crippen LogP) is 9.91. The molecule has 2 N–H and O–H groups in total. The van der Waals surface area contributed by atoms with Crippen molar-refractivity contribution in [3.05, 3.63) is 244 Å². The fourth-order valence-electron chi connectivity index (χ4n) is 8.63. The Hall–Kier alpha value is -8.05. The second kappa shape index (κ2) is 20.9. The minimum Gasteiger partial charge on any atom is -0.448 e. The van der Waals surface area contributed by atoms with E-state index in [-0.39, 0.29) is 33.7 Å². The number of amides is 2. The van der Waals surface area contributed by atoms with E-state index in [9.17, 15) is 14.4 Å². The van der Waals surface area contributed by atoms with E-state index in [1.807, 2.05) is 146 Å². The summed E-state index contributed by atoms with van der Waals surface area (Å²) in [6, 6.07) is 57.2. The summed E-state index contributed by atoms with van der Waals surface area (Å²) in [6.45, 7) is 0. The van der Waals surface area contributed by atoms with Crippen LogP contribution in [0.4, 0.5) is 5.13 Å². The number of benzene rings is 6. The average Bonchev–Trinajstić information content (AvgIpc) is 4.13. The molecule has 352 valence electrons. The molecular formula is C55H43N7O6S3. The normalized spacial score (nSPS) is 16.0. The second-order valence-electron chi connectivity index (χ2n) is 16.3. The van der Waals surface area contributed by atoms with Gasteiger partial charge in [-0.15, -0.1) is 45.9 Å². The SMILES string of the molecule is CON=C(C(=O)NC1C(=O)N2C(C(=O)OC(c3ccccc3)c3ccccc3)=C(C=C(S)c3nnc(-c4ccccc4)o3)CSC12)c1csc(NC(c2ccccc2)(c2ccccc2)c2ccccc2)n1. The van der Waals surface area contributed by atoms with E-state index in [1.54, 1.807) is 11.5 Å². The van der Waals surface area contributed by atoms with Gasteiger partial charge in [0.05, 0.1) is 4.91 Å². The highest BCUT2D eigenvalue weighted by Gasteiger charge is 2.55. The molecule has 1 saturated heterocycles. The van der Waals surface area contributed by atoms with E-state index in [0.717, 1.165) is 33.4 Å². The van der Waals surface area contributed by atoms with Crippen LogP contribution in [0.1, 0.15) is 45.5 Å². The number of allylic oxidation sites excluding steroid dienone is 1. The van der Waals surface area contributed by atoms with Crippen molar-refractivity contribution in [2.75, 3.05) is 18.2 Å². The van der Waals surface area contributed by atoms with Crippen LogP contribution in [-0.4, -0.2) is 67.9 Å². The maximum absolute atomic E-state index is 14.8. The molecule has 2 amide bonds. The summed E-state index contributed by atoms with van der Waals surface area (Å²) in [7, 11) is 1.33. The molecule has 2 aromatic heterocycles. The van der Waals surface area contributed by atoms with Crippen molar-refractivity contribution in [3.8, 4) is 11.5 Å². The van der Waals surface area contributed by atoms with Crippen LogP contribution in [0.25, 0.3) is 16.4 Å². The van der Waals surface area contributed by atoms with Gasteiger partial charge >= 0.3 is 5.97 Å². The van der Waals surface area contributed by atoms with Gasteiger partial charge in [-0.05, 0) is 51.6 Å². The molecule has 16 heteroatoms. The average molecular weight is 994 g/mol. The topological polar surface area (TPSA) is 161 Å². The van der Waals surface area contributed by atoms with Crippen molar-refractivity contribution in [1.82, 2.24) is 25.4 Å². The van der Waals surface area contributed by atoms with E-state index in [0.29, 0.717) is 16.6 Å². The number of carbonyl (C=O) groups is 3. The zero-order valence-corrected chi connectivity index (χ0v) is 40.4. The van der Waals surface area contributed by atoms with Gasteiger partial charge in [-0.25, -0.2) is 9.78 Å². The van der Waals surface area contributed by atoms with Gasteiger partial charge in [0.25, 0.3) is 17.7 Å². The van der Waals surface area contributed by atoms with Crippen molar-refractivity contribution < 1.29 is 28.4 Å². The molecule has 2 aliphatic rings. The summed E-state index contributed by atoms with van der Waals surface area (Å²) >= 11 is 7.39. The number of rotatable bonds is 16. The Labute approximate surface area is 422 Å². The number of thiol groups is 1. The molecule has 0 spiro atoms. The van der Waals surface area contributed by atoms with Crippen molar-refractivity contribution in [2.45, 2.75) is 23.1 Å². The van der Waals surface area contributed by atoms with Crippen LogP contribution in [-0.2, 0) is 29.5 Å². The number of oxime groups is 1. The Kier molecular flexibility index (Phi) is 13.7. The number of anilines is 1. The lowest BCUT2D eigenvalue weighted by Gasteiger charge is -2.49. The number of thiazole rings is 1. The lowest BCUT2D eigenvalue weighted by atomic mass is 9.77. The van der Waals surface area contributed by atoms with E-state index in [4.69, 9.17) is 31.6 Å². The number of ether oxygens (including phenoxy) is 1. The number of esters is 1. The van der Waals surface area contributed by atoms with Crippen molar-refractivity contribution in [3.63, 3.8) is 0 Å². The van der Waals surface area contributed by atoms with Gasteiger partial charge in [-0.1, -0.05) is 175 Å². The Morgan fingerprint density at radius 1 is 0.789 bits per heavy atom. The maximum Gasteiger partial charge on any atom is 0.356 e. The van der Waals surface area contributed by atoms with Crippen LogP contribution in [0.15, 0.2) is 214 Å². The molecule has 10 rings (SSSR count). The van der Waals surface area contributed by atoms with Crippen molar-refractivity contribution in [1.29, 1.82) is 0 Å². The number of carbonyl (C=O) groups excluding carboxylic acids is 3. The zero-order chi connectivity index (χ0) is 48.7. The van der Waals surface area contributed by atoms with E-state index in [1.165, 1.54) is 35.1 Å². The molecule has 2 unspecified atom stereocenters. The summed E-state index contributed by atoms with van der Waals surface area (Å²) < 4.78 is 12.4. The Bertz CT molecular complexity index is 3130. The number of aromatic nitrogens is 3. The third-order valence-corrected chi connectivity index (χ3v) is 14.3. The van der Waals surface area contributed by atoms with Gasteiger partial charge in [0.2, 0.25) is 5.89 Å². The summed E-state index contributed by atoms with van der Waals surface area (Å²) in [6.07, 6.45) is 0.815. The largest absolute Gasteiger partial charge is 0.448 e. The molecule has 8 aromatic rings. The van der Waals surface area contributed by atoms with E-state index < -0.39 is 40.8 Å². The standard InChI is InChI=1S/C55H43N7O6S3/c1-66-61-44(42-34-71-54(56-42)58-55(39-26-14-5-15-27-39,40-28-16-6-17-29-40)41-30-18-7-19-31-41)48(63)57-45-51(64)62-46(53(65)67-47(35-20-8-2-9-21-35)36-22-10-3-11-23-36)38(33-70-52(45)62)32-43(69)50-60-59-49(68-50)37-24-12-4-13-25-37/h2-32,34,45,47,52,69H,33H2,1H3,(H,56,58)(H,57,63). The van der Waals surface area contributed by atoms with Crippen molar-refractivity contribution in [2.24, 2.45) is 5.16 Å². The molecule has 2 aliphatic heterocycles. The molecule has 0 radical (unpaired) electrons. The number of hydrogen-bond acceptors (Lipinski definition) is 14. The van der Waals surface area contributed by atoms with Crippen LogP contribution in [0.3, 0.4) is 0 Å². The number of β-lactam (4-membered cyclic amide) rings is 1. The molecule has 0 saturated carbocycles. The fourth-order valence-corrected chi connectivity index (χ4v) is 10.9. The van der Waals surface area contributed by atoms with Gasteiger partial charge in [0, 0.05) is 16.7 Å². The molecule has 1 fully saturated rings. The van der Waals surface area contributed by atoms with E-state index >= 15 is 0 Å². The highest BCUT2D eigenvalue weighted by Crippen LogP contribution is 2.44. The first-order chi connectivity index (χ1) is 34.8. The number of thioether (sulfide) groups is 1. The lowest BCUT2D eigenvalue weighted by Crippen LogP contribution is -2.71. The highest BCUT2D eigenvalue weighted by atomic mass is 32.2. The maximum atomic E-state index is 14.8. The number of nitrogens with one attached hydrogen (secondary N) is 2. The van der Waals surface area contributed by atoms with Crippen LogP contribution in [0.2, 0.25) is 0 Å². The second-order valence-corrected chi connectivity index (χ2v) is 18.7. The Morgan fingerprint density at radius 2 is 1.32 bits per heavy atom. The van der Waals surface area contributed by atoms with Gasteiger partial charge in [0.1, 0.15) is 35.5 Å². The number of nitrogens with zero attached hydrogens (tertiary/aromatic N) is 5. The first kappa shape index (κ1) is 46.7. The predicted molar refractivity (Wildman–Crippen MR) is 278 cm³/mol. The zero-order valence-electron chi connectivity index (χ0n) is 37.9. The van der Waals surface area contributed by atoms with Gasteiger partial charge < -0.3 is 24.6 Å². The minimum absolute atomic E-state index is 0.00445. The molecule has 2 atom stereocenters. The number of fused-ring (bicyclic) bond motifs is 1. The molecular weight excluding hydrogens is 951 g/mol. The molecule has 0 aliphatic carbocycles. The molecule has 71 heavy (non-hydrogen) atoms. The van der Waals surface area contributed by atoms with Crippen LogP contribution in [0, 0.1) is 0 Å². The van der Waals surface area contributed by atoms with Crippen molar-refractivity contribution >= 4 is 69.3 Å². The first-order valence-corrected chi connectivity index (χ1v) is 24.8. The fraction of sp³-hybridized carbons (Fsp3) is 0.109. The monoisotopic (exact) mass is 993 g/mol. The van der Waals surface area contributed by atoms with Gasteiger partial charge in [-0.3, -0.25) is 14.5 Å². The molecule has 0 bridgehead atoms. The van der Waals surface area contributed by atoms with Crippen LogP contribution >= 0.6 is 35.7 Å². The summed E-state index contributed by atoms with van der Waals surface area (Å²) in [5.41, 5.74) is 4.73. The summed E-state index contributed by atoms with van der Waals surface area (Å²) in [4.78, 5) is 55.3. The smallest absolute Gasteiger partial charge is 0.356 e. The first-order valence-electron chi connectivity index (χ1n) is 22.4. The Morgan fingerprint density at radius 3 is 1.87 bits per heavy atom. The molecule has 13 nitrogen and oxygen atoms in total. The van der Waals surface area contributed by atoms with Crippen LogP contribution < -0.4 is 10.6 Å². The molecule has 4 heterocycles. The number of hydrogen-bond donors (Lipinski definition) is 3. The third-order valence-electron chi connectivity index (χ3n) is 11.9. The minimum atomic E-state index is -1.06. The van der Waals surface area contributed by atoms with Gasteiger partial charge in [0.15, 0.2) is 16.9 Å². The summed E-state index contributed by atoms with van der Waals surface area (Å²) in [5.74, 6) is -1.36. The highest BCUT2D eigenvalue weighted by molar-refractivity contribution is 8.00. The summed E-state index contributed by atoms with van der Waals surface area (Å²) in [5, 5.41) is 20.7. The van der Waals surface area contributed by atoms with Crippen LogP contribution in [0.5, 0.6) is 0 Å².